The Bertz CT molecular complexity index is 1220. The number of imidazole rings is 1. The van der Waals surface area contributed by atoms with Crippen LogP contribution in [0, 0.1) is 9.39 Å². The Morgan fingerprint density at radius 3 is 2.87 bits per heavy atom. The van der Waals surface area contributed by atoms with Crippen molar-refractivity contribution in [2.24, 2.45) is 0 Å². The number of halogens is 2. The quantitative estimate of drug-likeness (QED) is 0.259. The van der Waals surface area contributed by atoms with Gasteiger partial charge in [-0.1, -0.05) is 18.2 Å². The van der Waals surface area contributed by atoms with Gasteiger partial charge in [0, 0.05) is 39.4 Å². The Kier molecular flexibility index (Phi) is 6.38. The van der Waals surface area contributed by atoms with E-state index < -0.39 is 23.9 Å². The molecular formula is C23H20FIN2O4. The van der Waals surface area contributed by atoms with Crippen molar-refractivity contribution < 1.29 is 23.4 Å². The number of aliphatic hydroxyl groups is 1. The van der Waals surface area contributed by atoms with Crippen molar-refractivity contribution in [3.63, 3.8) is 0 Å². The van der Waals surface area contributed by atoms with Crippen molar-refractivity contribution in [2.75, 3.05) is 6.61 Å². The Balaban J connectivity index is 1.75. The first kappa shape index (κ1) is 21.5. The summed E-state index contributed by atoms with van der Waals surface area (Å²) in [7, 11) is 0. The number of carbonyl (C=O) groups excluding carboxylic acids is 1. The average molecular weight is 534 g/mol. The fraction of sp³-hybridized carbons (Fsp3) is 0.217. The molecule has 8 heteroatoms. The number of furan rings is 1. The van der Waals surface area contributed by atoms with E-state index in [0.717, 1.165) is 9.13 Å². The number of aliphatic hydroxyl groups excluding tert-OH is 1. The molecule has 0 aliphatic heterocycles. The van der Waals surface area contributed by atoms with Crippen LogP contribution in [0.15, 0.2) is 65.5 Å². The molecule has 0 aliphatic carbocycles. The molecule has 2 aromatic heterocycles. The summed E-state index contributed by atoms with van der Waals surface area (Å²) in [5, 5.41) is 11.7. The van der Waals surface area contributed by atoms with E-state index >= 15 is 0 Å². The summed E-state index contributed by atoms with van der Waals surface area (Å²) in [6.07, 6.45) is 3.66. The number of esters is 1. The Morgan fingerprint density at radius 1 is 1.29 bits per heavy atom. The maximum Gasteiger partial charge on any atom is 0.374 e. The molecule has 0 aliphatic rings. The number of nitrogens with zero attached hydrogens (tertiary/aromatic N) is 2. The van der Waals surface area contributed by atoms with Crippen LogP contribution in [0.5, 0.6) is 0 Å². The van der Waals surface area contributed by atoms with Gasteiger partial charge in [-0.15, -0.1) is 0 Å². The molecule has 160 valence electrons. The standard InChI is InChI=1S/C23H20FIN2O4/c1-2-30-23(29)22-26-8-9-27(22)19(15-5-3-4-6-18(15)25)13-20(28)16-11-14-7-10-31-21(14)12-17(16)24/h3-12,19-20,28H,2,13H2,1H3/t19-,20?/m0/s1. The van der Waals surface area contributed by atoms with Gasteiger partial charge in [0.05, 0.1) is 25.0 Å². The van der Waals surface area contributed by atoms with Crippen LogP contribution in [0.1, 0.15) is 47.2 Å². The lowest BCUT2D eigenvalue weighted by Gasteiger charge is -2.25. The Labute approximate surface area is 191 Å². The Morgan fingerprint density at radius 2 is 2.10 bits per heavy atom. The van der Waals surface area contributed by atoms with Gasteiger partial charge in [0.15, 0.2) is 0 Å². The third-order valence-electron chi connectivity index (χ3n) is 5.10. The zero-order valence-corrected chi connectivity index (χ0v) is 18.8. The van der Waals surface area contributed by atoms with E-state index in [1.165, 1.54) is 18.5 Å². The number of benzene rings is 2. The minimum absolute atomic E-state index is 0.128. The van der Waals surface area contributed by atoms with Crippen molar-refractivity contribution in [3.05, 3.63) is 87.5 Å². The van der Waals surface area contributed by atoms with Crippen LogP contribution in [0.4, 0.5) is 4.39 Å². The molecule has 0 amide bonds. The zero-order chi connectivity index (χ0) is 22.0. The fourth-order valence-electron chi connectivity index (χ4n) is 3.65. The van der Waals surface area contributed by atoms with Gasteiger partial charge in [-0.25, -0.2) is 14.2 Å². The molecule has 4 rings (SSSR count). The van der Waals surface area contributed by atoms with Crippen LogP contribution in [0.25, 0.3) is 11.0 Å². The third-order valence-corrected chi connectivity index (χ3v) is 6.09. The van der Waals surface area contributed by atoms with Crippen LogP contribution in [0.3, 0.4) is 0 Å². The predicted molar refractivity (Wildman–Crippen MR) is 121 cm³/mol. The van der Waals surface area contributed by atoms with Gasteiger partial charge in [0.2, 0.25) is 5.82 Å². The van der Waals surface area contributed by atoms with Crippen molar-refractivity contribution in [3.8, 4) is 0 Å². The van der Waals surface area contributed by atoms with Crippen LogP contribution in [-0.2, 0) is 4.74 Å². The number of hydrogen-bond acceptors (Lipinski definition) is 5. The minimum Gasteiger partial charge on any atom is -0.464 e. The fourth-order valence-corrected chi connectivity index (χ4v) is 4.40. The van der Waals surface area contributed by atoms with E-state index in [9.17, 15) is 14.3 Å². The van der Waals surface area contributed by atoms with Crippen LogP contribution < -0.4 is 0 Å². The summed E-state index contributed by atoms with van der Waals surface area (Å²) in [5.74, 6) is -0.971. The first-order chi connectivity index (χ1) is 15.0. The molecule has 2 atom stereocenters. The number of carbonyl (C=O) groups is 1. The van der Waals surface area contributed by atoms with Gasteiger partial charge in [-0.2, -0.15) is 0 Å². The van der Waals surface area contributed by atoms with Gasteiger partial charge in [0.25, 0.3) is 0 Å². The van der Waals surface area contributed by atoms with E-state index in [0.29, 0.717) is 11.0 Å². The molecule has 4 aromatic rings. The molecule has 2 heterocycles. The van der Waals surface area contributed by atoms with Crippen molar-refractivity contribution in [1.82, 2.24) is 9.55 Å². The molecule has 6 nitrogen and oxygen atoms in total. The summed E-state index contributed by atoms with van der Waals surface area (Å²) in [5.41, 5.74) is 1.47. The third kappa shape index (κ3) is 4.35. The maximum absolute atomic E-state index is 14.7. The number of ether oxygens (including phenoxy) is 1. The predicted octanol–water partition coefficient (Wildman–Crippen LogP) is 5.26. The highest BCUT2D eigenvalue weighted by atomic mass is 127. The number of hydrogen-bond donors (Lipinski definition) is 1. The second kappa shape index (κ2) is 9.19. The van der Waals surface area contributed by atoms with Crippen molar-refractivity contribution in [1.29, 1.82) is 0 Å². The van der Waals surface area contributed by atoms with E-state index in [1.54, 1.807) is 29.8 Å². The molecular weight excluding hydrogens is 514 g/mol. The van der Waals surface area contributed by atoms with Crippen LogP contribution in [-0.4, -0.2) is 27.2 Å². The summed E-state index contributed by atoms with van der Waals surface area (Å²) in [6, 6.07) is 11.8. The first-order valence-corrected chi connectivity index (χ1v) is 10.9. The molecule has 2 aromatic carbocycles. The molecule has 0 bridgehead atoms. The SMILES string of the molecule is CCOC(=O)c1nccn1[C@@H](CC(O)c1cc2ccoc2cc1F)c1ccccc1I. The second-order valence-electron chi connectivity index (χ2n) is 7.00. The zero-order valence-electron chi connectivity index (χ0n) is 16.7. The lowest BCUT2D eigenvalue weighted by atomic mass is 9.95. The molecule has 0 radical (unpaired) electrons. The van der Waals surface area contributed by atoms with Crippen molar-refractivity contribution >= 4 is 39.5 Å². The van der Waals surface area contributed by atoms with E-state index in [4.69, 9.17) is 9.15 Å². The number of rotatable bonds is 7. The van der Waals surface area contributed by atoms with Gasteiger partial charge in [-0.3, -0.25) is 0 Å². The topological polar surface area (TPSA) is 77.5 Å². The lowest BCUT2D eigenvalue weighted by Crippen LogP contribution is -2.21. The average Bonchev–Trinajstić information content (AvgIpc) is 3.41. The molecule has 0 fully saturated rings. The molecule has 31 heavy (non-hydrogen) atoms. The Hall–Kier alpha value is -2.72. The maximum atomic E-state index is 14.7. The van der Waals surface area contributed by atoms with E-state index in [-0.39, 0.29) is 24.4 Å². The van der Waals surface area contributed by atoms with Gasteiger partial charge < -0.3 is 18.8 Å². The smallest absolute Gasteiger partial charge is 0.374 e. The summed E-state index contributed by atoms with van der Waals surface area (Å²) >= 11 is 2.21. The van der Waals surface area contributed by atoms with Crippen molar-refractivity contribution in [2.45, 2.75) is 25.5 Å². The summed E-state index contributed by atoms with van der Waals surface area (Å²) < 4.78 is 27.7. The minimum atomic E-state index is -1.13. The second-order valence-corrected chi connectivity index (χ2v) is 8.16. The van der Waals surface area contributed by atoms with Crippen LogP contribution >= 0.6 is 22.6 Å². The van der Waals surface area contributed by atoms with Gasteiger partial charge >= 0.3 is 5.97 Å². The van der Waals surface area contributed by atoms with Crippen LogP contribution in [0.2, 0.25) is 0 Å². The molecule has 1 N–H and O–H groups in total. The highest BCUT2D eigenvalue weighted by Gasteiger charge is 2.27. The first-order valence-electron chi connectivity index (χ1n) is 9.78. The lowest BCUT2D eigenvalue weighted by molar-refractivity contribution is 0.0501. The van der Waals surface area contributed by atoms with Gasteiger partial charge in [0.1, 0.15) is 11.4 Å². The molecule has 1 unspecified atom stereocenters. The number of fused-ring (bicyclic) bond motifs is 1. The summed E-state index contributed by atoms with van der Waals surface area (Å²) in [4.78, 5) is 16.6. The summed E-state index contributed by atoms with van der Waals surface area (Å²) in [6.45, 7) is 1.94. The molecule has 0 saturated heterocycles. The molecule has 0 saturated carbocycles. The largest absolute Gasteiger partial charge is 0.464 e. The normalized spacial score (nSPS) is 13.3. The van der Waals surface area contributed by atoms with E-state index in [1.807, 2.05) is 24.3 Å². The highest BCUT2D eigenvalue weighted by molar-refractivity contribution is 14.1. The highest BCUT2D eigenvalue weighted by Crippen LogP contribution is 2.35. The van der Waals surface area contributed by atoms with E-state index in [2.05, 4.69) is 27.6 Å². The molecule has 0 spiro atoms. The monoisotopic (exact) mass is 534 g/mol. The number of aromatic nitrogens is 2. The van der Waals surface area contributed by atoms with Gasteiger partial charge in [-0.05, 0) is 53.3 Å².